The highest BCUT2D eigenvalue weighted by Gasteiger charge is 2.23. The van der Waals surface area contributed by atoms with Gasteiger partial charge in [0, 0.05) is 23.1 Å². The van der Waals surface area contributed by atoms with Crippen molar-refractivity contribution in [2.75, 3.05) is 12.4 Å². The Bertz CT molecular complexity index is 987. The van der Waals surface area contributed by atoms with Gasteiger partial charge in [-0.15, -0.1) is 0 Å². The maximum atomic E-state index is 12.9. The van der Waals surface area contributed by atoms with Gasteiger partial charge in [0.2, 0.25) is 10.0 Å². The summed E-state index contributed by atoms with van der Waals surface area (Å²) < 4.78 is 29.0. The predicted octanol–water partition coefficient (Wildman–Crippen LogP) is 4.08. The summed E-state index contributed by atoms with van der Waals surface area (Å²) in [7, 11) is -2.21. The first-order valence-corrected chi connectivity index (χ1v) is 11.3. The number of aromatic nitrogens is 1. The molecule has 7 heteroatoms. The highest BCUT2D eigenvalue weighted by atomic mass is 32.2. The standard InChI is InChI=1S/C21H29N3O3S/c1-14-10-11-17(13-20(14)28(26,27)22-4)23-21(25)19-12-15(2)24(16(19)3)18-8-6-5-7-9-18/h10-13,18,22H,5-9H2,1-4H3,(H,23,25). The summed E-state index contributed by atoms with van der Waals surface area (Å²) in [6.07, 6.45) is 6.06. The molecule has 1 saturated carbocycles. The normalized spacial score (nSPS) is 15.6. The van der Waals surface area contributed by atoms with Crippen LogP contribution in [0.4, 0.5) is 5.69 Å². The van der Waals surface area contributed by atoms with Crippen LogP contribution in [-0.2, 0) is 10.0 Å². The van der Waals surface area contributed by atoms with E-state index in [1.54, 1.807) is 19.1 Å². The third-order valence-corrected chi connectivity index (χ3v) is 7.23. The quantitative estimate of drug-likeness (QED) is 0.789. The molecule has 1 aromatic carbocycles. The highest BCUT2D eigenvalue weighted by Crippen LogP contribution is 2.32. The van der Waals surface area contributed by atoms with Gasteiger partial charge in [-0.3, -0.25) is 4.79 Å². The summed E-state index contributed by atoms with van der Waals surface area (Å²) >= 11 is 0. The second kappa shape index (κ2) is 8.09. The largest absolute Gasteiger partial charge is 0.345 e. The molecule has 1 aliphatic rings. The van der Waals surface area contributed by atoms with E-state index < -0.39 is 10.0 Å². The van der Waals surface area contributed by atoms with E-state index in [2.05, 4.69) is 14.6 Å². The van der Waals surface area contributed by atoms with Gasteiger partial charge >= 0.3 is 0 Å². The minimum Gasteiger partial charge on any atom is -0.345 e. The Morgan fingerprint density at radius 1 is 1.07 bits per heavy atom. The van der Waals surface area contributed by atoms with Crippen molar-refractivity contribution in [1.29, 1.82) is 0 Å². The molecule has 1 aromatic heterocycles. The average Bonchev–Trinajstić information content (AvgIpc) is 2.98. The van der Waals surface area contributed by atoms with Gasteiger partial charge < -0.3 is 9.88 Å². The zero-order valence-corrected chi connectivity index (χ0v) is 17.8. The van der Waals surface area contributed by atoms with Crippen molar-refractivity contribution in [2.45, 2.75) is 63.8 Å². The number of carbonyl (C=O) groups is 1. The Hall–Kier alpha value is -2.12. The van der Waals surface area contributed by atoms with Gasteiger partial charge in [-0.2, -0.15) is 0 Å². The molecule has 3 rings (SSSR count). The van der Waals surface area contributed by atoms with Gasteiger partial charge in [-0.1, -0.05) is 25.3 Å². The van der Waals surface area contributed by atoms with Gasteiger partial charge in [0.25, 0.3) is 5.91 Å². The van der Waals surface area contributed by atoms with E-state index in [0.29, 0.717) is 22.9 Å². The summed E-state index contributed by atoms with van der Waals surface area (Å²) in [6.45, 7) is 5.76. The molecular weight excluding hydrogens is 374 g/mol. The number of benzene rings is 1. The summed E-state index contributed by atoms with van der Waals surface area (Å²) in [6, 6.07) is 7.31. The van der Waals surface area contributed by atoms with E-state index >= 15 is 0 Å². The lowest BCUT2D eigenvalue weighted by Gasteiger charge is -2.26. The Morgan fingerprint density at radius 3 is 2.39 bits per heavy atom. The predicted molar refractivity (Wildman–Crippen MR) is 111 cm³/mol. The monoisotopic (exact) mass is 403 g/mol. The van der Waals surface area contributed by atoms with E-state index in [-0.39, 0.29) is 10.8 Å². The number of amides is 1. The number of carbonyl (C=O) groups excluding carboxylic acids is 1. The molecule has 1 fully saturated rings. The van der Waals surface area contributed by atoms with Crippen LogP contribution in [0.1, 0.15) is 65.5 Å². The van der Waals surface area contributed by atoms with Gasteiger partial charge in [0.05, 0.1) is 10.5 Å². The number of rotatable bonds is 5. The van der Waals surface area contributed by atoms with Crippen molar-refractivity contribution < 1.29 is 13.2 Å². The van der Waals surface area contributed by atoms with E-state index in [0.717, 1.165) is 24.2 Å². The van der Waals surface area contributed by atoms with Gasteiger partial charge in [-0.05, 0) is 64.4 Å². The second-order valence-corrected chi connectivity index (χ2v) is 9.44. The van der Waals surface area contributed by atoms with E-state index in [1.165, 1.54) is 32.4 Å². The van der Waals surface area contributed by atoms with E-state index in [1.807, 2.05) is 19.9 Å². The first kappa shape index (κ1) is 20.6. The van der Waals surface area contributed by atoms with E-state index in [4.69, 9.17) is 0 Å². The van der Waals surface area contributed by atoms with Gasteiger partial charge in [-0.25, -0.2) is 13.1 Å². The SMILES string of the molecule is CNS(=O)(=O)c1cc(NC(=O)c2cc(C)n(C3CCCCC3)c2C)ccc1C. The Kier molecular flexibility index (Phi) is 5.95. The van der Waals surface area contributed by atoms with Crippen LogP contribution in [0, 0.1) is 20.8 Å². The summed E-state index contributed by atoms with van der Waals surface area (Å²) in [5.74, 6) is -0.216. The summed E-state index contributed by atoms with van der Waals surface area (Å²) in [4.78, 5) is 13.1. The molecule has 0 unspecified atom stereocenters. The number of sulfonamides is 1. The Morgan fingerprint density at radius 2 is 1.75 bits per heavy atom. The fraction of sp³-hybridized carbons (Fsp3) is 0.476. The minimum absolute atomic E-state index is 0.167. The minimum atomic E-state index is -3.58. The molecule has 1 aliphatic carbocycles. The third kappa shape index (κ3) is 4.00. The van der Waals surface area contributed by atoms with Crippen molar-refractivity contribution in [3.8, 4) is 0 Å². The maximum absolute atomic E-state index is 12.9. The molecule has 0 bridgehead atoms. The molecule has 2 N–H and O–H groups in total. The molecule has 0 spiro atoms. The van der Waals surface area contributed by atoms with Crippen LogP contribution in [0.2, 0.25) is 0 Å². The molecule has 0 aliphatic heterocycles. The van der Waals surface area contributed by atoms with Crippen molar-refractivity contribution in [1.82, 2.24) is 9.29 Å². The molecule has 2 aromatic rings. The lowest BCUT2D eigenvalue weighted by molar-refractivity contribution is 0.102. The lowest BCUT2D eigenvalue weighted by Crippen LogP contribution is -2.20. The van der Waals surface area contributed by atoms with Crippen molar-refractivity contribution in [3.05, 3.63) is 46.8 Å². The zero-order valence-electron chi connectivity index (χ0n) is 17.0. The smallest absolute Gasteiger partial charge is 0.257 e. The first-order chi connectivity index (χ1) is 13.2. The lowest BCUT2D eigenvalue weighted by atomic mass is 9.95. The molecule has 1 heterocycles. The Balaban J connectivity index is 1.87. The number of nitrogens with zero attached hydrogens (tertiary/aromatic N) is 1. The molecule has 1 amide bonds. The third-order valence-electron chi connectivity index (χ3n) is 5.67. The topological polar surface area (TPSA) is 80.2 Å². The van der Waals surface area contributed by atoms with Crippen LogP contribution >= 0.6 is 0 Å². The number of nitrogens with one attached hydrogen (secondary N) is 2. The molecule has 152 valence electrons. The average molecular weight is 404 g/mol. The van der Waals surface area contributed by atoms with Crippen molar-refractivity contribution >= 4 is 21.6 Å². The Labute approximate surface area is 167 Å². The van der Waals surface area contributed by atoms with Crippen molar-refractivity contribution in [2.24, 2.45) is 0 Å². The van der Waals surface area contributed by atoms with Gasteiger partial charge in [0.15, 0.2) is 0 Å². The molecule has 0 saturated heterocycles. The second-order valence-electron chi connectivity index (χ2n) is 7.59. The number of hydrogen-bond donors (Lipinski definition) is 2. The van der Waals surface area contributed by atoms with Crippen molar-refractivity contribution in [3.63, 3.8) is 0 Å². The van der Waals surface area contributed by atoms with Crippen LogP contribution < -0.4 is 10.0 Å². The van der Waals surface area contributed by atoms with Crippen LogP contribution in [-0.4, -0.2) is 25.9 Å². The molecule has 0 radical (unpaired) electrons. The number of anilines is 1. The highest BCUT2D eigenvalue weighted by molar-refractivity contribution is 7.89. The summed E-state index contributed by atoms with van der Waals surface area (Å²) in [5, 5.41) is 2.86. The molecule has 28 heavy (non-hydrogen) atoms. The number of hydrogen-bond acceptors (Lipinski definition) is 3. The molecule has 0 atom stereocenters. The molecule has 6 nitrogen and oxygen atoms in total. The fourth-order valence-corrected chi connectivity index (χ4v) is 5.18. The molecular formula is C21H29N3O3S. The van der Waals surface area contributed by atoms with Crippen LogP contribution in [0.15, 0.2) is 29.2 Å². The van der Waals surface area contributed by atoms with Crippen LogP contribution in [0.5, 0.6) is 0 Å². The van der Waals surface area contributed by atoms with Gasteiger partial charge in [0.1, 0.15) is 0 Å². The zero-order chi connectivity index (χ0) is 20.5. The van der Waals surface area contributed by atoms with Crippen LogP contribution in [0.3, 0.4) is 0 Å². The maximum Gasteiger partial charge on any atom is 0.257 e. The summed E-state index contributed by atoms with van der Waals surface area (Å²) in [5.41, 5.74) is 3.80. The van der Waals surface area contributed by atoms with Crippen LogP contribution in [0.25, 0.3) is 0 Å². The number of aryl methyl sites for hydroxylation is 2. The fourth-order valence-electron chi connectivity index (χ4n) is 4.18. The van der Waals surface area contributed by atoms with E-state index in [9.17, 15) is 13.2 Å². The first-order valence-electron chi connectivity index (χ1n) is 9.78.